The lowest BCUT2D eigenvalue weighted by Crippen LogP contribution is -2.32. The van der Waals surface area contributed by atoms with Gasteiger partial charge < -0.3 is 4.57 Å². The van der Waals surface area contributed by atoms with Crippen molar-refractivity contribution in [2.45, 2.75) is 52.6 Å². The van der Waals surface area contributed by atoms with Gasteiger partial charge in [0, 0.05) is 19.5 Å². The van der Waals surface area contributed by atoms with E-state index in [1.54, 1.807) is 4.57 Å². The molecule has 0 spiro atoms. The summed E-state index contributed by atoms with van der Waals surface area (Å²) in [7, 11) is 0. The number of aryl methyl sites for hydroxylation is 2. The quantitative estimate of drug-likeness (QED) is 0.897. The lowest BCUT2D eigenvalue weighted by molar-refractivity contribution is 0.513. The Morgan fingerprint density at radius 3 is 2.80 bits per heavy atom. The fourth-order valence-corrected chi connectivity index (χ4v) is 2.91. The second-order valence-corrected chi connectivity index (χ2v) is 5.93. The first-order chi connectivity index (χ1) is 9.58. The summed E-state index contributed by atoms with van der Waals surface area (Å²) in [5.74, 6) is 1.26. The number of aromatic amines is 1. The van der Waals surface area contributed by atoms with Gasteiger partial charge in [0.05, 0.1) is 0 Å². The van der Waals surface area contributed by atoms with Gasteiger partial charge in [0.25, 0.3) is 5.56 Å². The van der Waals surface area contributed by atoms with Gasteiger partial charge in [-0.15, -0.1) is 0 Å². The fraction of sp³-hybridized carbons (Fsp3) is 0.643. The molecule has 2 aromatic rings. The highest BCUT2D eigenvalue weighted by Gasteiger charge is 2.19. The number of imidazole rings is 1. The van der Waals surface area contributed by atoms with E-state index in [1.807, 2.05) is 18.4 Å². The largest absolute Gasteiger partial charge is 0.330 e. The minimum absolute atomic E-state index is 0.314. The maximum Gasteiger partial charge on any atom is 0.330 e. The minimum atomic E-state index is -0.357. The van der Waals surface area contributed by atoms with Crippen molar-refractivity contribution in [3.8, 4) is 0 Å². The Labute approximate surface area is 116 Å². The highest BCUT2D eigenvalue weighted by atomic mass is 16.2. The summed E-state index contributed by atoms with van der Waals surface area (Å²) < 4.78 is 3.60. The molecular weight excluding hydrogens is 256 g/mol. The van der Waals surface area contributed by atoms with Crippen molar-refractivity contribution >= 4 is 11.2 Å². The van der Waals surface area contributed by atoms with Crippen molar-refractivity contribution in [1.82, 2.24) is 19.1 Å². The molecule has 6 nitrogen and oxygen atoms in total. The van der Waals surface area contributed by atoms with Gasteiger partial charge >= 0.3 is 5.69 Å². The van der Waals surface area contributed by atoms with Crippen LogP contribution in [0, 0.1) is 5.92 Å². The van der Waals surface area contributed by atoms with E-state index in [0.717, 1.165) is 38.1 Å². The smallest absolute Gasteiger partial charge is 0.322 e. The van der Waals surface area contributed by atoms with E-state index in [2.05, 4.69) is 9.97 Å². The molecule has 1 aliphatic rings. The molecule has 2 aromatic heterocycles. The monoisotopic (exact) mass is 276 g/mol. The van der Waals surface area contributed by atoms with Gasteiger partial charge in [0.1, 0.15) is 5.82 Å². The molecule has 6 heteroatoms. The van der Waals surface area contributed by atoms with Crippen LogP contribution in [0.3, 0.4) is 0 Å². The zero-order chi connectivity index (χ0) is 14.3. The van der Waals surface area contributed by atoms with E-state index >= 15 is 0 Å². The molecule has 0 unspecified atom stereocenters. The molecule has 0 aromatic carbocycles. The summed E-state index contributed by atoms with van der Waals surface area (Å²) in [6.45, 7) is 5.48. The van der Waals surface area contributed by atoms with E-state index in [1.165, 1.54) is 0 Å². The highest BCUT2D eigenvalue weighted by molar-refractivity contribution is 5.71. The Kier molecular flexibility index (Phi) is 3.23. The first-order valence-electron chi connectivity index (χ1n) is 7.30. The summed E-state index contributed by atoms with van der Waals surface area (Å²) in [6.07, 6.45) is 4.19. The Balaban J connectivity index is 2.31. The molecule has 0 aliphatic carbocycles. The van der Waals surface area contributed by atoms with E-state index in [0.29, 0.717) is 23.6 Å². The summed E-state index contributed by atoms with van der Waals surface area (Å²) in [4.78, 5) is 31.2. The van der Waals surface area contributed by atoms with Gasteiger partial charge in [-0.2, -0.15) is 0 Å². The number of nitrogens with one attached hydrogen (secondary N) is 1. The Hall–Kier alpha value is -1.85. The normalized spacial score (nSPS) is 15.6. The zero-order valence-electron chi connectivity index (χ0n) is 12.0. The van der Waals surface area contributed by atoms with Crippen molar-refractivity contribution in [3.05, 3.63) is 26.7 Å². The van der Waals surface area contributed by atoms with Crippen LogP contribution in [0.25, 0.3) is 11.2 Å². The van der Waals surface area contributed by atoms with Crippen LogP contribution >= 0.6 is 0 Å². The second kappa shape index (κ2) is 4.92. The number of rotatable bonds is 2. The van der Waals surface area contributed by atoms with Gasteiger partial charge in [-0.3, -0.25) is 14.3 Å². The molecule has 20 heavy (non-hydrogen) atoms. The number of nitrogens with zero attached hydrogens (tertiary/aromatic N) is 3. The summed E-state index contributed by atoms with van der Waals surface area (Å²) in [5, 5.41) is 0. The number of fused-ring (bicyclic) bond motifs is 3. The zero-order valence-corrected chi connectivity index (χ0v) is 12.0. The SMILES string of the molecule is CC(C)Cn1c(=O)[nH]c(=O)c2c1nc1n2CCCCC1. The van der Waals surface area contributed by atoms with Crippen molar-refractivity contribution in [2.75, 3.05) is 0 Å². The molecule has 0 saturated carbocycles. The third kappa shape index (κ3) is 2.09. The first-order valence-corrected chi connectivity index (χ1v) is 7.30. The third-order valence-corrected chi connectivity index (χ3v) is 3.79. The van der Waals surface area contributed by atoms with E-state index in [9.17, 15) is 9.59 Å². The van der Waals surface area contributed by atoms with Crippen LogP contribution in [-0.4, -0.2) is 19.1 Å². The standard InChI is InChI=1S/C14H20N4O2/c1-9(2)8-18-12-11(13(19)16-14(18)20)17-7-5-3-4-6-10(17)15-12/h9H,3-8H2,1-2H3,(H,16,19,20). The molecule has 0 amide bonds. The van der Waals surface area contributed by atoms with Gasteiger partial charge in [-0.1, -0.05) is 20.3 Å². The lowest BCUT2D eigenvalue weighted by atomic mass is 10.2. The van der Waals surface area contributed by atoms with E-state index in [4.69, 9.17) is 0 Å². The minimum Gasteiger partial charge on any atom is -0.322 e. The Bertz CT molecular complexity index is 751. The van der Waals surface area contributed by atoms with Gasteiger partial charge in [0.2, 0.25) is 0 Å². The van der Waals surface area contributed by atoms with E-state index < -0.39 is 0 Å². The van der Waals surface area contributed by atoms with Crippen LogP contribution in [0.5, 0.6) is 0 Å². The summed E-state index contributed by atoms with van der Waals surface area (Å²) in [5.41, 5.74) is 0.432. The average Bonchev–Trinajstić information content (AvgIpc) is 2.58. The number of H-pyrrole nitrogens is 1. The van der Waals surface area contributed by atoms with Crippen molar-refractivity contribution in [3.63, 3.8) is 0 Å². The van der Waals surface area contributed by atoms with Crippen LogP contribution in [0.2, 0.25) is 0 Å². The number of hydrogen-bond acceptors (Lipinski definition) is 3. The van der Waals surface area contributed by atoms with Crippen molar-refractivity contribution in [1.29, 1.82) is 0 Å². The Morgan fingerprint density at radius 1 is 1.25 bits per heavy atom. The molecular formula is C14H20N4O2. The lowest BCUT2D eigenvalue weighted by Gasteiger charge is -2.09. The highest BCUT2D eigenvalue weighted by Crippen LogP contribution is 2.19. The first kappa shape index (κ1) is 13.1. The maximum atomic E-state index is 12.2. The summed E-state index contributed by atoms with van der Waals surface area (Å²) >= 11 is 0. The van der Waals surface area contributed by atoms with Crippen molar-refractivity contribution in [2.24, 2.45) is 5.92 Å². The molecule has 1 N–H and O–H groups in total. The van der Waals surface area contributed by atoms with Crippen LogP contribution in [0.4, 0.5) is 0 Å². The van der Waals surface area contributed by atoms with Gasteiger partial charge in [-0.05, 0) is 18.8 Å². The molecule has 0 radical (unpaired) electrons. The fourth-order valence-electron chi connectivity index (χ4n) is 2.91. The van der Waals surface area contributed by atoms with Crippen molar-refractivity contribution < 1.29 is 0 Å². The van der Waals surface area contributed by atoms with Crippen LogP contribution in [0.15, 0.2) is 9.59 Å². The third-order valence-electron chi connectivity index (χ3n) is 3.79. The molecule has 0 saturated heterocycles. The summed E-state index contributed by atoms with van der Waals surface area (Å²) in [6, 6.07) is 0. The predicted octanol–water partition coefficient (Wildman–Crippen LogP) is 1.27. The topological polar surface area (TPSA) is 72.7 Å². The van der Waals surface area contributed by atoms with Crippen LogP contribution < -0.4 is 11.2 Å². The predicted molar refractivity (Wildman–Crippen MR) is 77.0 cm³/mol. The molecule has 0 bridgehead atoms. The van der Waals surface area contributed by atoms with Crippen LogP contribution in [-0.2, 0) is 19.5 Å². The molecule has 3 rings (SSSR count). The molecule has 1 aliphatic heterocycles. The maximum absolute atomic E-state index is 12.2. The average molecular weight is 276 g/mol. The number of aromatic nitrogens is 4. The second-order valence-electron chi connectivity index (χ2n) is 5.93. The Morgan fingerprint density at radius 2 is 2.05 bits per heavy atom. The van der Waals surface area contributed by atoms with Gasteiger partial charge in [0.15, 0.2) is 11.2 Å². The van der Waals surface area contributed by atoms with E-state index in [-0.39, 0.29) is 11.2 Å². The number of hydrogen-bond donors (Lipinski definition) is 1. The van der Waals surface area contributed by atoms with Crippen LogP contribution in [0.1, 0.15) is 38.9 Å². The van der Waals surface area contributed by atoms with Gasteiger partial charge in [-0.25, -0.2) is 9.78 Å². The molecule has 108 valence electrons. The molecule has 0 fully saturated rings. The molecule has 3 heterocycles. The molecule has 0 atom stereocenters.